The normalized spacial score (nSPS) is 16.3. The van der Waals surface area contributed by atoms with Crippen molar-refractivity contribution in [2.45, 2.75) is 19.9 Å². The summed E-state index contributed by atoms with van der Waals surface area (Å²) < 4.78 is 13.7. The summed E-state index contributed by atoms with van der Waals surface area (Å²) in [5.41, 5.74) is 1.05. The van der Waals surface area contributed by atoms with Crippen LogP contribution in [-0.2, 0) is 4.79 Å². The molecule has 1 aliphatic heterocycles. The number of fused-ring (bicyclic) bond motifs is 1. The van der Waals surface area contributed by atoms with Crippen LogP contribution in [0.3, 0.4) is 0 Å². The Kier molecular flexibility index (Phi) is 5.23. The second-order valence-corrected chi connectivity index (χ2v) is 7.88. The number of nitrogens with zero attached hydrogens (tertiary/aromatic N) is 4. The van der Waals surface area contributed by atoms with Gasteiger partial charge in [-0.3, -0.25) is 9.69 Å². The molecule has 3 heterocycles. The van der Waals surface area contributed by atoms with E-state index in [4.69, 9.17) is 0 Å². The minimum atomic E-state index is -0.316. The van der Waals surface area contributed by atoms with Crippen LogP contribution in [0.4, 0.5) is 15.9 Å². The van der Waals surface area contributed by atoms with Crippen molar-refractivity contribution in [2.75, 3.05) is 36.4 Å². The molecule has 0 aliphatic carbocycles. The molecule has 1 fully saturated rings. The summed E-state index contributed by atoms with van der Waals surface area (Å²) >= 11 is 1.61. The monoisotopic (exact) mass is 399 g/mol. The average Bonchev–Trinajstić information content (AvgIpc) is 3.19. The first-order valence-corrected chi connectivity index (χ1v) is 10.1. The van der Waals surface area contributed by atoms with Crippen molar-refractivity contribution in [3.05, 3.63) is 47.4 Å². The van der Waals surface area contributed by atoms with Crippen LogP contribution in [0.25, 0.3) is 10.2 Å². The van der Waals surface area contributed by atoms with Crippen LogP contribution in [0.1, 0.15) is 12.5 Å². The van der Waals surface area contributed by atoms with Gasteiger partial charge < -0.3 is 10.2 Å². The first-order valence-electron chi connectivity index (χ1n) is 9.27. The Morgan fingerprint density at radius 3 is 2.75 bits per heavy atom. The van der Waals surface area contributed by atoms with Gasteiger partial charge in [-0.1, -0.05) is 6.07 Å². The quantitative estimate of drug-likeness (QED) is 0.730. The molecule has 8 heteroatoms. The van der Waals surface area contributed by atoms with Gasteiger partial charge in [-0.15, -0.1) is 11.3 Å². The highest BCUT2D eigenvalue weighted by molar-refractivity contribution is 7.16. The molecule has 0 bridgehead atoms. The molecule has 2 aromatic heterocycles. The maximum atomic E-state index is 13.7. The highest BCUT2D eigenvalue weighted by Gasteiger charge is 2.27. The molecule has 0 radical (unpaired) electrons. The van der Waals surface area contributed by atoms with Gasteiger partial charge in [0.1, 0.15) is 22.8 Å². The van der Waals surface area contributed by atoms with Crippen molar-refractivity contribution >= 4 is 39.0 Å². The molecule has 1 N–H and O–H groups in total. The van der Waals surface area contributed by atoms with E-state index < -0.39 is 0 Å². The van der Waals surface area contributed by atoms with E-state index in [2.05, 4.69) is 31.2 Å². The van der Waals surface area contributed by atoms with Gasteiger partial charge in [0, 0.05) is 31.9 Å². The lowest BCUT2D eigenvalue weighted by Crippen LogP contribution is -2.53. The highest BCUT2D eigenvalue weighted by atomic mass is 32.1. The third-order valence-electron chi connectivity index (χ3n) is 5.22. The number of piperazine rings is 1. The first-order chi connectivity index (χ1) is 13.5. The molecule has 0 saturated carbocycles. The molecule has 4 rings (SSSR count). The Labute approximate surface area is 167 Å². The van der Waals surface area contributed by atoms with E-state index in [0.717, 1.165) is 42.2 Å². The number of benzene rings is 1. The summed E-state index contributed by atoms with van der Waals surface area (Å²) in [6.07, 6.45) is 1.61. The zero-order chi connectivity index (χ0) is 19.7. The summed E-state index contributed by atoms with van der Waals surface area (Å²) in [5, 5.41) is 5.92. The van der Waals surface area contributed by atoms with E-state index in [1.54, 1.807) is 36.7 Å². The van der Waals surface area contributed by atoms with E-state index in [9.17, 15) is 9.18 Å². The van der Waals surface area contributed by atoms with E-state index >= 15 is 0 Å². The fourth-order valence-corrected chi connectivity index (χ4v) is 4.16. The topological polar surface area (TPSA) is 61.4 Å². The number of aryl methyl sites for hydroxylation is 1. The van der Waals surface area contributed by atoms with Crippen molar-refractivity contribution in [2.24, 2.45) is 0 Å². The van der Waals surface area contributed by atoms with Crippen LogP contribution in [0.15, 0.2) is 36.0 Å². The third-order valence-corrected chi connectivity index (χ3v) is 6.04. The molecule has 1 saturated heterocycles. The molecule has 28 heavy (non-hydrogen) atoms. The molecule has 6 nitrogen and oxygen atoms in total. The predicted octanol–water partition coefficient (Wildman–Crippen LogP) is 3.29. The summed E-state index contributed by atoms with van der Waals surface area (Å²) in [5.74, 6) is 0.515. The number of carbonyl (C=O) groups excluding carboxylic acids is 1. The van der Waals surface area contributed by atoms with E-state index in [1.165, 1.54) is 6.07 Å². The zero-order valence-electron chi connectivity index (χ0n) is 15.9. The molecular weight excluding hydrogens is 377 g/mol. The fourth-order valence-electron chi connectivity index (χ4n) is 3.43. The Balaban J connectivity index is 1.38. The lowest BCUT2D eigenvalue weighted by Gasteiger charge is -2.38. The molecule has 0 spiro atoms. The van der Waals surface area contributed by atoms with Gasteiger partial charge in [0.15, 0.2) is 0 Å². The fraction of sp³-hybridized carbons (Fsp3) is 0.350. The second-order valence-electron chi connectivity index (χ2n) is 6.99. The molecule has 146 valence electrons. The SMILES string of the molecule is Cc1ccc(NC(=O)[C@@H](C)N2CCN(c3ncnc4sccc34)CC2)cc1F. The van der Waals surface area contributed by atoms with Crippen LogP contribution in [-0.4, -0.2) is 53.0 Å². The summed E-state index contributed by atoms with van der Waals surface area (Å²) in [7, 11) is 0. The molecule has 1 aromatic carbocycles. The van der Waals surface area contributed by atoms with Crippen molar-refractivity contribution in [1.29, 1.82) is 0 Å². The number of rotatable bonds is 4. The standard InChI is InChI=1S/C20H22FN5OS/c1-13-3-4-15(11-17(13)21)24-19(27)14(2)25-6-8-26(9-7-25)18-16-5-10-28-20(16)23-12-22-18/h3-5,10-12,14H,6-9H2,1-2H3,(H,24,27)/t14-/m1/s1. The summed E-state index contributed by atoms with van der Waals surface area (Å²) in [6, 6.07) is 6.51. The average molecular weight is 399 g/mol. The van der Waals surface area contributed by atoms with Crippen molar-refractivity contribution in [1.82, 2.24) is 14.9 Å². The van der Waals surface area contributed by atoms with Gasteiger partial charge in [-0.2, -0.15) is 0 Å². The molecular formula is C20H22FN5OS. The minimum absolute atomic E-state index is 0.126. The number of amides is 1. The number of nitrogens with one attached hydrogen (secondary N) is 1. The van der Waals surface area contributed by atoms with Crippen molar-refractivity contribution < 1.29 is 9.18 Å². The number of hydrogen-bond acceptors (Lipinski definition) is 6. The van der Waals surface area contributed by atoms with Gasteiger partial charge in [0.2, 0.25) is 5.91 Å². The second kappa shape index (κ2) is 7.81. The molecule has 1 atom stereocenters. The number of thiophene rings is 1. The van der Waals surface area contributed by atoms with Crippen molar-refractivity contribution in [3.63, 3.8) is 0 Å². The number of carbonyl (C=O) groups is 1. The third kappa shape index (κ3) is 3.70. The Bertz CT molecular complexity index is 999. The lowest BCUT2D eigenvalue weighted by molar-refractivity contribution is -0.120. The van der Waals surface area contributed by atoms with Crippen LogP contribution < -0.4 is 10.2 Å². The zero-order valence-corrected chi connectivity index (χ0v) is 16.7. The largest absolute Gasteiger partial charge is 0.353 e. The van der Waals surface area contributed by atoms with Gasteiger partial charge in [-0.05, 0) is 43.0 Å². The van der Waals surface area contributed by atoms with Crippen LogP contribution >= 0.6 is 11.3 Å². The molecule has 0 unspecified atom stereocenters. The maximum absolute atomic E-state index is 13.7. The molecule has 1 amide bonds. The number of hydrogen-bond donors (Lipinski definition) is 1. The molecule has 3 aromatic rings. The van der Waals surface area contributed by atoms with Crippen molar-refractivity contribution in [3.8, 4) is 0 Å². The van der Waals surface area contributed by atoms with Gasteiger partial charge in [0.05, 0.1) is 11.4 Å². The van der Waals surface area contributed by atoms with Gasteiger partial charge >= 0.3 is 0 Å². The minimum Gasteiger partial charge on any atom is -0.353 e. The number of halogens is 1. The van der Waals surface area contributed by atoms with Crippen LogP contribution in [0, 0.1) is 12.7 Å². The highest BCUT2D eigenvalue weighted by Crippen LogP contribution is 2.27. The van der Waals surface area contributed by atoms with Gasteiger partial charge in [0.25, 0.3) is 0 Å². The summed E-state index contributed by atoms with van der Waals surface area (Å²) in [6.45, 7) is 6.68. The van der Waals surface area contributed by atoms with Crippen LogP contribution in [0.5, 0.6) is 0 Å². The number of aromatic nitrogens is 2. The van der Waals surface area contributed by atoms with Crippen LogP contribution in [0.2, 0.25) is 0 Å². The Hall–Kier alpha value is -2.58. The predicted molar refractivity (Wildman–Crippen MR) is 110 cm³/mol. The molecule has 1 aliphatic rings. The Morgan fingerprint density at radius 2 is 2.00 bits per heavy atom. The smallest absolute Gasteiger partial charge is 0.241 e. The summed E-state index contributed by atoms with van der Waals surface area (Å²) in [4.78, 5) is 26.7. The van der Waals surface area contributed by atoms with Gasteiger partial charge in [-0.25, -0.2) is 14.4 Å². The van der Waals surface area contributed by atoms with E-state index in [1.807, 2.05) is 12.3 Å². The first kappa shape index (κ1) is 18.8. The van der Waals surface area contributed by atoms with E-state index in [-0.39, 0.29) is 17.8 Å². The van der Waals surface area contributed by atoms with E-state index in [0.29, 0.717) is 11.3 Å². The maximum Gasteiger partial charge on any atom is 0.241 e. The Morgan fingerprint density at radius 1 is 1.21 bits per heavy atom. The number of anilines is 2. The lowest BCUT2D eigenvalue weighted by atomic mass is 10.2.